The van der Waals surface area contributed by atoms with Gasteiger partial charge in [0.2, 0.25) is 5.91 Å². The monoisotopic (exact) mass is 343 g/mol. The molecule has 6 heteroatoms. The summed E-state index contributed by atoms with van der Waals surface area (Å²) in [4.78, 5) is 22.5. The Morgan fingerprint density at radius 2 is 2.04 bits per heavy atom. The topological polar surface area (TPSA) is 51.2 Å². The first kappa shape index (κ1) is 18.8. The molecule has 1 heterocycles. The maximum absolute atomic E-state index is 11.8. The average molecular weight is 343 g/mol. The van der Waals surface area contributed by atoms with Crippen molar-refractivity contribution < 1.29 is 4.79 Å². The fourth-order valence-electron chi connectivity index (χ4n) is 2.72. The van der Waals surface area contributed by atoms with Crippen molar-refractivity contribution in [2.24, 2.45) is 4.99 Å². The van der Waals surface area contributed by atoms with Gasteiger partial charge in [0.15, 0.2) is 5.96 Å². The Balaban J connectivity index is 1.99. The summed E-state index contributed by atoms with van der Waals surface area (Å²) in [6.45, 7) is 10.2. The highest BCUT2D eigenvalue weighted by molar-refractivity contribution is 5.85. The smallest absolute Gasteiger partial charge is 0.243 e. The van der Waals surface area contributed by atoms with E-state index in [9.17, 15) is 4.79 Å². The number of amides is 1. The van der Waals surface area contributed by atoms with Crippen molar-refractivity contribution in [2.45, 2.75) is 6.92 Å². The Kier molecular flexibility index (Phi) is 6.86. The van der Waals surface area contributed by atoms with E-state index < -0.39 is 0 Å². The minimum absolute atomic E-state index is 0.00343. The lowest BCUT2D eigenvalue weighted by molar-refractivity contribution is -0.127. The Hall–Kier alpha value is -2.50. The van der Waals surface area contributed by atoms with Gasteiger partial charge in [0.25, 0.3) is 0 Å². The summed E-state index contributed by atoms with van der Waals surface area (Å²) in [5, 5.41) is 3.27. The number of benzene rings is 1. The van der Waals surface area contributed by atoms with Crippen LogP contribution in [0.1, 0.15) is 5.56 Å². The maximum Gasteiger partial charge on any atom is 0.243 e. The molecule has 1 aliphatic rings. The highest BCUT2D eigenvalue weighted by Gasteiger charge is 2.20. The molecule has 1 amide bonds. The van der Waals surface area contributed by atoms with Gasteiger partial charge in [-0.2, -0.15) is 0 Å². The summed E-state index contributed by atoms with van der Waals surface area (Å²) < 4.78 is 0. The number of piperazine rings is 1. The highest BCUT2D eigenvalue weighted by atomic mass is 16.2. The van der Waals surface area contributed by atoms with Crippen LogP contribution in [0, 0.1) is 6.92 Å². The fourth-order valence-corrected chi connectivity index (χ4v) is 2.72. The molecule has 0 spiro atoms. The summed E-state index contributed by atoms with van der Waals surface area (Å²) in [6.07, 6.45) is 1.80. The Morgan fingerprint density at radius 1 is 1.32 bits per heavy atom. The lowest BCUT2D eigenvalue weighted by Gasteiger charge is -2.37. The van der Waals surface area contributed by atoms with Crippen LogP contribution >= 0.6 is 0 Å². The van der Waals surface area contributed by atoms with E-state index in [-0.39, 0.29) is 12.5 Å². The molecule has 2 rings (SSSR count). The van der Waals surface area contributed by atoms with Crippen LogP contribution in [-0.2, 0) is 4.79 Å². The van der Waals surface area contributed by atoms with Gasteiger partial charge < -0.3 is 20.0 Å². The van der Waals surface area contributed by atoms with E-state index in [4.69, 9.17) is 0 Å². The van der Waals surface area contributed by atoms with Gasteiger partial charge in [-0.15, -0.1) is 6.58 Å². The summed E-state index contributed by atoms with van der Waals surface area (Å²) in [6, 6.07) is 8.59. The number of nitrogens with zero attached hydrogens (tertiary/aromatic N) is 4. The lowest BCUT2D eigenvalue weighted by Crippen LogP contribution is -2.52. The van der Waals surface area contributed by atoms with Crippen molar-refractivity contribution in [1.29, 1.82) is 0 Å². The Bertz CT molecular complexity index is 618. The standard InChI is InChI=1S/C19H29N5O/c1-5-9-20-19(21-15-18(25)22(3)4)24-12-10-23(11-13-24)17-8-6-7-16(2)14-17/h5-8,14H,1,9-13,15H2,2-4H3,(H,20,21). The van der Waals surface area contributed by atoms with Crippen LogP contribution in [0.25, 0.3) is 0 Å². The predicted molar refractivity (Wildman–Crippen MR) is 104 cm³/mol. The molecule has 1 fully saturated rings. The number of aliphatic imine (C=N–C) groups is 1. The van der Waals surface area contributed by atoms with E-state index >= 15 is 0 Å². The Labute approximate surface area is 150 Å². The second kappa shape index (κ2) is 9.11. The van der Waals surface area contributed by atoms with Gasteiger partial charge in [0.1, 0.15) is 6.54 Å². The second-order valence-electron chi connectivity index (χ2n) is 6.41. The van der Waals surface area contributed by atoms with Crippen LogP contribution in [0.4, 0.5) is 5.69 Å². The Morgan fingerprint density at radius 3 is 2.64 bits per heavy atom. The molecule has 0 radical (unpaired) electrons. The number of nitrogens with one attached hydrogen (secondary N) is 1. The molecule has 0 unspecified atom stereocenters. The third-order valence-corrected chi connectivity index (χ3v) is 4.21. The van der Waals surface area contributed by atoms with Crippen molar-refractivity contribution in [3.63, 3.8) is 0 Å². The molecule has 1 aliphatic heterocycles. The largest absolute Gasteiger partial charge is 0.368 e. The lowest BCUT2D eigenvalue weighted by atomic mass is 10.2. The minimum atomic E-state index is -0.00343. The molecule has 1 N–H and O–H groups in total. The van der Waals surface area contributed by atoms with Crippen LogP contribution in [-0.4, -0.2) is 75.0 Å². The second-order valence-corrected chi connectivity index (χ2v) is 6.41. The zero-order valence-corrected chi connectivity index (χ0v) is 15.5. The van der Waals surface area contributed by atoms with Crippen molar-refractivity contribution in [1.82, 2.24) is 15.1 Å². The van der Waals surface area contributed by atoms with Crippen LogP contribution in [0.15, 0.2) is 41.9 Å². The molecule has 1 aromatic carbocycles. The third-order valence-electron chi connectivity index (χ3n) is 4.21. The van der Waals surface area contributed by atoms with E-state index in [0.29, 0.717) is 6.54 Å². The number of guanidine groups is 1. The van der Waals surface area contributed by atoms with Crippen LogP contribution < -0.4 is 10.2 Å². The van der Waals surface area contributed by atoms with Crippen LogP contribution in [0.5, 0.6) is 0 Å². The van der Waals surface area contributed by atoms with Crippen molar-refractivity contribution in [2.75, 3.05) is 58.3 Å². The van der Waals surface area contributed by atoms with Gasteiger partial charge in [-0.25, -0.2) is 4.99 Å². The molecule has 0 atom stereocenters. The van der Waals surface area contributed by atoms with Gasteiger partial charge in [0, 0.05) is 52.5 Å². The first-order chi connectivity index (χ1) is 12.0. The molecule has 0 bridgehead atoms. The molecule has 0 aromatic heterocycles. The van der Waals surface area contributed by atoms with E-state index in [2.05, 4.69) is 57.9 Å². The molecular weight excluding hydrogens is 314 g/mol. The number of hydrogen-bond donors (Lipinski definition) is 1. The predicted octanol–water partition coefficient (Wildman–Crippen LogP) is 1.34. The van der Waals surface area contributed by atoms with Crippen molar-refractivity contribution in [3.8, 4) is 0 Å². The number of carbonyl (C=O) groups is 1. The average Bonchev–Trinajstić information content (AvgIpc) is 2.61. The zero-order valence-electron chi connectivity index (χ0n) is 15.5. The highest BCUT2D eigenvalue weighted by Crippen LogP contribution is 2.17. The molecule has 1 aromatic rings. The summed E-state index contributed by atoms with van der Waals surface area (Å²) in [7, 11) is 3.49. The first-order valence-corrected chi connectivity index (χ1v) is 8.67. The van der Waals surface area contributed by atoms with E-state index in [1.807, 2.05) is 0 Å². The van der Waals surface area contributed by atoms with E-state index in [0.717, 1.165) is 32.1 Å². The summed E-state index contributed by atoms with van der Waals surface area (Å²) >= 11 is 0. The molecule has 136 valence electrons. The molecule has 25 heavy (non-hydrogen) atoms. The zero-order chi connectivity index (χ0) is 18.2. The molecular formula is C19H29N5O. The van der Waals surface area contributed by atoms with Gasteiger partial charge in [-0.05, 0) is 24.6 Å². The molecule has 0 aliphatic carbocycles. The van der Waals surface area contributed by atoms with E-state index in [1.165, 1.54) is 11.3 Å². The number of hydrogen-bond acceptors (Lipinski definition) is 3. The quantitative estimate of drug-likeness (QED) is 0.498. The SMILES string of the molecule is C=CCNC(=NCC(=O)N(C)C)N1CCN(c2cccc(C)c2)CC1. The van der Waals surface area contributed by atoms with Gasteiger partial charge in [0.05, 0.1) is 0 Å². The maximum atomic E-state index is 11.8. The number of anilines is 1. The molecule has 1 saturated heterocycles. The fraction of sp³-hybridized carbons (Fsp3) is 0.474. The van der Waals surface area contributed by atoms with Gasteiger partial charge in [-0.1, -0.05) is 18.2 Å². The first-order valence-electron chi connectivity index (χ1n) is 8.67. The minimum Gasteiger partial charge on any atom is -0.368 e. The number of carbonyl (C=O) groups excluding carboxylic acids is 1. The van der Waals surface area contributed by atoms with Gasteiger partial charge in [-0.3, -0.25) is 4.79 Å². The van der Waals surface area contributed by atoms with Crippen molar-refractivity contribution >= 4 is 17.6 Å². The normalized spacial score (nSPS) is 15.1. The van der Waals surface area contributed by atoms with Gasteiger partial charge >= 0.3 is 0 Å². The number of rotatable bonds is 5. The third kappa shape index (κ3) is 5.52. The van der Waals surface area contributed by atoms with E-state index in [1.54, 1.807) is 25.1 Å². The van der Waals surface area contributed by atoms with Crippen molar-refractivity contribution in [3.05, 3.63) is 42.5 Å². The van der Waals surface area contributed by atoms with Crippen LogP contribution in [0.2, 0.25) is 0 Å². The number of likely N-dealkylation sites (N-methyl/N-ethyl adjacent to an activating group) is 1. The summed E-state index contributed by atoms with van der Waals surface area (Å²) in [5.41, 5.74) is 2.54. The summed E-state index contributed by atoms with van der Waals surface area (Å²) in [5.74, 6) is 0.773. The number of aryl methyl sites for hydroxylation is 1. The molecule has 6 nitrogen and oxygen atoms in total. The molecule has 0 saturated carbocycles. The van der Waals surface area contributed by atoms with Crippen LogP contribution in [0.3, 0.4) is 0 Å².